The molecule has 1 aromatic heterocycles. The number of ether oxygens (including phenoxy) is 1. The number of carbonyl (C=O) groups excluding carboxylic acids is 1. The molecule has 2 aromatic rings. The Morgan fingerprint density at radius 1 is 1.17 bits per heavy atom. The van der Waals surface area contributed by atoms with Crippen LogP contribution in [0, 0.1) is 11.6 Å². The van der Waals surface area contributed by atoms with E-state index < -0.39 is 17.5 Å². The van der Waals surface area contributed by atoms with E-state index in [1.165, 1.54) is 19.2 Å². The minimum Gasteiger partial charge on any atom is -0.494 e. The van der Waals surface area contributed by atoms with Gasteiger partial charge in [0.1, 0.15) is 5.82 Å². The van der Waals surface area contributed by atoms with E-state index in [1.807, 2.05) is 20.8 Å². The molecule has 7 heteroatoms. The summed E-state index contributed by atoms with van der Waals surface area (Å²) < 4.78 is 32.4. The van der Waals surface area contributed by atoms with E-state index in [9.17, 15) is 13.6 Å². The lowest BCUT2D eigenvalue weighted by Crippen LogP contribution is -2.28. The van der Waals surface area contributed by atoms with Crippen molar-refractivity contribution >= 4 is 17.4 Å². The van der Waals surface area contributed by atoms with E-state index in [0.717, 1.165) is 0 Å². The van der Waals surface area contributed by atoms with Gasteiger partial charge < -0.3 is 15.4 Å². The molecule has 0 unspecified atom stereocenters. The van der Waals surface area contributed by atoms with E-state index in [4.69, 9.17) is 4.74 Å². The van der Waals surface area contributed by atoms with Crippen LogP contribution in [0.2, 0.25) is 0 Å². The van der Waals surface area contributed by atoms with Crippen LogP contribution in [0.3, 0.4) is 0 Å². The van der Waals surface area contributed by atoms with E-state index in [-0.39, 0.29) is 22.5 Å². The molecule has 2 rings (SSSR count). The number of anilines is 2. The summed E-state index contributed by atoms with van der Waals surface area (Å²) >= 11 is 0. The van der Waals surface area contributed by atoms with Crippen molar-refractivity contribution in [2.24, 2.45) is 0 Å². The Bertz CT molecular complexity index is 758. The van der Waals surface area contributed by atoms with Crippen molar-refractivity contribution in [1.82, 2.24) is 4.98 Å². The van der Waals surface area contributed by atoms with E-state index in [0.29, 0.717) is 5.82 Å². The lowest BCUT2D eigenvalue weighted by atomic mass is 10.1. The third kappa shape index (κ3) is 3.98. The Balaban J connectivity index is 2.30. The Morgan fingerprint density at radius 2 is 1.88 bits per heavy atom. The van der Waals surface area contributed by atoms with Gasteiger partial charge in [-0.05, 0) is 45.0 Å². The SMILES string of the molecule is COc1ccc(NC(=O)c2cccnc2NC(C)(C)C)c(F)c1F. The molecule has 0 saturated carbocycles. The molecule has 0 aliphatic rings. The number of carbonyl (C=O) groups is 1. The van der Waals surface area contributed by atoms with Crippen molar-refractivity contribution in [1.29, 1.82) is 0 Å². The van der Waals surface area contributed by atoms with E-state index in [2.05, 4.69) is 15.6 Å². The standard InChI is InChI=1S/C17H19F2N3O2/c1-17(2,3)22-15-10(6-5-9-20-15)16(23)21-11-7-8-12(24-4)14(19)13(11)18/h5-9H,1-4H3,(H,20,22)(H,21,23). The van der Waals surface area contributed by atoms with Crippen LogP contribution in [0.25, 0.3) is 0 Å². The molecule has 0 fully saturated rings. The molecular weight excluding hydrogens is 316 g/mol. The minimum absolute atomic E-state index is 0.225. The van der Waals surface area contributed by atoms with E-state index >= 15 is 0 Å². The number of nitrogens with one attached hydrogen (secondary N) is 2. The second-order valence-corrected chi connectivity index (χ2v) is 6.17. The third-order valence-corrected chi connectivity index (χ3v) is 3.06. The molecule has 0 aliphatic carbocycles. The summed E-state index contributed by atoms with van der Waals surface area (Å²) in [5.41, 5.74) is -0.368. The average molecular weight is 335 g/mol. The number of benzene rings is 1. The second kappa shape index (κ2) is 6.82. The molecular formula is C17H19F2N3O2. The highest BCUT2D eigenvalue weighted by molar-refractivity contribution is 6.07. The van der Waals surface area contributed by atoms with Crippen LogP contribution < -0.4 is 15.4 Å². The number of pyridine rings is 1. The lowest BCUT2D eigenvalue weighted by Gasteiger charge is -2.22. The summed E-state index contributed by atoms with van der Waals surface area (Å²) in [6.45, 7) is 5.76. The molecule has 0 bridgehead atoms. The lowest BCUT2D eigenvalue weighted by molar-refractivity contribution is 0.102. The van der Waals surface area contributed by atoms with Crippen molar-refractivity contribution in [3.63, 3.8) is 0 Å². The molecule has 1 heterocycles. The quantitative estimate of drug-likeness (QED) is 0.891. The molecule has 1 aromatic carbocycles. The van der Waals surface area contributed by atoms with E-state index in [1.54, 1.807) is 18.3 Å². The smallest absolute Gasteiger partial charge is 0.259 e. The van der Waals surface area contributed by atoms with Crippen LogP contribution in [-0.2, 0) is 0 Å². The maximum absolute atomic E-state index is 14.0. The Labute approximate surface area is 139 Å². The largest absolute Gasteiger partial charge is 0.494 e. The molecule has 0 saturated heterocycles. The number of aromatic nitrogens is 1. The van der Waals surface area contributed by atoms with Gasteiger partial charge in [0, 0.05) is 11.7 Å². The predicted molar refractivity (Wildman–Crippen MR) is 88.5 cm³/mol. The minimum atomic E-state index is -1.18. The number of hydrogen-bond acceptors (Lipinski definition) is 4. The van der Waals surface area contributed by atoms with Crippen molar-refractivity contribution < 1.29 is 18.3 Å². The van der Waals surface area contributed by atoms with Crippen molar-refractivity contribution in [2.45, 2.75) is 26.3 Å². The fourth-order valence-corrected chi connectivity index (χ4v) is 2.02. The van der Waals surface area contributed by atoms with Gasteiger partial charge in [-0.2, -0.15) is 4.39 Å². The van der Waals surface area contributed by atoms with Crippen LogP contribution in [0.4, 0.5) is 20.3 Å². The molecule has 24 heavy (non-hydrogen) atoms. The number of rotatable bonds is 4. The molecule has 1 amide bonds. The number of hydrogen-bond donors (Lipinski definition) is 2. The van der Waals surface area contributed by atoms with Crippen LogP contribution in [-0.4, -0.2) is 23.5 Å². The average Bonchev–Trinajstić information content (AvgIpc) is 2.51. The van der Waals surface area contributed by atoms with Crippen LogP contribution in [0.15, 0.2) is 30.5 Å². The van der Waals surface area contributed by atoms with Crippen molar-refractivity contribution in [3.8, 4) is 5.75 Å². The molecule has 2 N–H and O–H groups in total. The highest BCUT2D eigenvalue weighted by Gasteiger charge is 2.20. The van der Waals surface area contributed by atoms with Crippen molar-refractivity contribution in [3.05, 3.63) is 47.7 Å². The highest BCUT2D eigenvalue weighted by atomic mass is 19.2. The Kier molecular flexibility index (Phi) is 5.02. The topological polar surface area (TPSA) is 63.2 Å². The fourth-order valence-electron chi connectivity index (χ4n) is 2.02. The molecule has 128 valence electrons. The van der Waals surface area contributed by atoms with Gasteiger partial charge >= 0.3 is 0 Å². The van der Waals surface area contributed by atoms with Crippen molar-refractivity contribution in [2.75, 3.05) is 17.7 Å². The number of halogens is 2. The highest BCUT2D eigenvalue weighted by Crippen LogP contribution is 2.26. The predicted octanol–water partition coefficient (Wildman–Crippen LogP) is 3.83. The zero-order valence-electron chi connectivity index (χ0n) is 13.9. The Morgan fingerprint density at radius 3 is 2.50 bits per heavy atom. The van der Waals surface area contributed by atoms with Crippen LogP contribution in [0.5, 0.6) is 5.75 Å². The zero-order valence-corrected chi connectivity index (χ0v) is 13.9. The summed E-state index contributed by atoms with van der Waals surface area (Å²) in [6.07, 6.45) is 1.54. The first-order valence-corrected chi connectivity index (χ1v) is 7.29. The summed E-state index contributed by atoms with van der Waals surface area (Å²) in [7, 11) is 1.23. The maximum atomic E-state index is 14.0. The monoisotopic (exact) mass is 335 g/mol. The van der Waals surface area contributed by atoms with Gasteiger partial charge in [-0.15, -0.1) is 0 Å². The van der Waals surface area contributed by atoms with Gasteiger partial charge in [0.15, 0.2) is 11.6 Å². The molecule has 5 nitrogen and oxygen atoms in total. The first-order valence-electron chi connectivity index (χ1n) is 7.29. The molecule has 0 spiro atoms. The normalized spacial score (nSPS) is 11.1. The first-order chi connectivity index (χ1) is 11.2. The van der Waals surface area contributed by atoms with Crippen LogP contribution in [0.1, 0.15) is 31.1 Å². The van der Waals surface area contributed by atoms with Gasteiger partial charge in [0.2, 0.25) is 5.82 Å². The summed E-state index contributed by atoms with van der Waals surface area (Å²) in [5.74, 6) is -2.82. The number of methoxy groups -OCH3 is 1. The Hall–Kier alpha value is -2.70. The number of amides is 1. The second-order valence-electron chi connectivity index (χ2n) is 6.17. The van der Waals surface area contributed by atoms with Gasteiger partial charge in [0.05, 0.1) is 18.4 Å². The first kappa shape index (κ1) is 17.7. The third-order valence-electron chi connectivity index (χ3n) is 3.06. The molecule has 0 radical (unpaired) electrons. The van der Waals surface area contributed by atoms with Gasteiger partial charge in [-0.25, -0.2) is 9.37 Å². The van der Waals surface area contributed by atoms with Crippen LogP contribution >= 0.6 is 0 Å². The van der Waals surface area contributed by atoms with Gasteiger partial charge in [-0.1, -0.05) is 0 Å². The number of nitrogens with zero attached hydrogens (tertiary/aromatic N) is 1. The van der Waals surface area contributed by atoms with Gasteiger partial charge in [0.25, 0.3) is 5.91 Å². The summed E-state index contributed by atoms with van der Waals surface area (Å²) in [5, 5.41) is 5.46. The fraction of sp³-hybridized carbons (Fsp3) is 0.294. The zero-order chi connectivity index (χ0) is 17.9. The summed E-state index contributed by atoms with van der Waals surface area (Å²) in [6, 6.07) is 5.62. The van der Waals surface area contributed by atoms with Gasteiger partial charge in [-0.3, -0.25) is 4.79 Å². The molecule has 0 aliphatic heterocycles. The molecule has 0 atom stereocenters. The summed E-state index contributed by atoms with van der Waals surface area (Å²) in [4.78, 5) is 16.6. The maximum Gasteiger partial charge on any atom is 0.259 e.